The zero-order valence-electron chi connectivity index (χ0n) is 17.4. The molecule has 6 heteroatoms. The summed E-state index contributed by atoms with van der Waals surface area (Å²) in [5, 5.41) is 13.9. The van der Waals surface area contributed by atoms with Gasteiger partial charge in [0.2, 0.25) is 0 Å². The summed E-state index contributed by atoms with van der Waals surface area (Å²) in [5.74, 6) is 0. The van der Waals surface area contributed by atoms with E-state index in [4.69, 9.17) is 0 Å². The van der Waals surface area contributed by atoms with Crippen LogP contribution in [0.5, 0.6) is 0 Å². The summed E-state index contributed by atoms with van der Waals surface area (Å²) in [6.45, 7) is 8.39. The average Bonchev–Trinajstić information content (AvgIpc) is 3.41. The quantitative estimate of drug-likeness (QED) is 0.485. The molecule has 4 aromatic heterocycles. The van der Waals surface area contributed by atoms with Gasteiger partial charge in [0.25, 0.3) is 0 Å². The first-order valence-electron chi connectivity index (χ1n) is 10.4. The summed E-state index contributed by atoms with van der Waals surface area (Å²) < 4.78 is 0. The number of hydrogen-bond acceptors (Lipinski definition) is 4. The molecule has 0 aliphatic carbocycles. The van der Waals surface area contributed by atoms with Crippen molar-refractivity contribution in [2.45, 2.75) is 13.3 Å². The molecule has 0 saturated heterocycles. The maximum atomic E-state index is 4.54. The number of pyridine rings is 2. The average molecular weight is 409 g/mol. The second-order valence-electron chi connectivity index (χ2n) is 7.73. The predicted octanol–water partition coefficient (Wildman–Crippen LogP) is 3.07. The van der Waals surface area contributed by atoms with Crippen LogP contribution in [0.25, 0.3) is 46.1 Å². The summed E-state index contributed by atoms with van der Waals surface area (Å²) in [4.78, 5) is 12.0. The van der Waals surface area contributed by atoms with Gasteiger partial charge in [0, 0.05) is 41.3 Å². The fraction of sp³-hybridized carbons (Fsp3) is 0.160. The van der Waals surface area contributed by atoms with Gasteiger partial charge in [-0.1, -0.05) is 18.7 Å². The highest BCUT2D eigenvalue weighted by Crippen LogP contribution is 2.29. The minimum Gasteiger partial charge on any atom is -0.352 e. The highest BCUT2D eigenvalue weighted by Gasteiger charge is 2.12. The molecule has 5 rings (SSSR count). The molecule has 0 unspecified atom stereocenters. The number of allylic oxidation sites excluding steroid dienone is 2. The molecule has 3 N–H and O–H groups in total. The van der Waals surface area contributed by atoms with E-state index in [0.717, 1.165) is 63.5 Å². The lowest BCUT2D eigenvalue weighted by Crippen LogP contribution is -2.22. The van der Waals surface area contributed by atoms with Gasteiger partial charge in [-0.2, -0.15) is 5.10 Å². The fourth-order valence-corrected chi connectivity index (χ4v) is 3.98. The maximum absolute atomic E-state index is 4.54. The molecule has 0 amide bonds. The first-order valence-corrected chi connectivity index (χ1v) is 10.4. The van der Waals surface area contributed by atoms with E-state index < -0.39 is 0 Å². The normalized spacial score (nSPS) is 15.5. The van der Waals surface area contributed by atoms with Gasteiger partial charge in [0.1, 0.15) is 5.69 Å². The van der Waals surface area contributed by atoms with Gasteiger partial charge in [-0.3, -0.25) is 15.1 Å². The van der Waals surface area contributed by atoms with Crippen LogP contribution in [0.1, 0.15) is 13.3 Å². The minimum atomic E-state index is 0.815. The third kappa shape index (κ3) is 3.73. The van der Waals surface area contributed by atoms with E-state index in [0.29, 0.717) is 0 Å². The Labute approximate surface area is 180 Å². The van der Waals surface area contributed by atoms with Crippen LogP contribution in [0.15, 0.2) is 66.3 Å². The van der Waals surface area contributed by atoms with Crippen molar-refractivity contribution in [1.29, 1.82) is 0 Å². The zero-order valence-corrected chi connectivity index (χ0v) is 17.4. The van der Waals surface area contributed by atoms with Gasteiger partial charge >= 0.3 is 0 Å². The number of fused-ring (bicyclic) bond motifs is 1. The Bertz CT molecular complexity index is 1410. The van der Waals surface area contributed by atoms with Crippen molar-refractivity contribution in [1.82, 2.24) is 30.5 Å². The lowest BCUT2D eigenvalue weighted by Gasteiger charge is -2.13. The smallest absolute Gasteiger partial charge is 0.116 e. The van der Waals surface area contributed by atoms with E-state index in [2.05, 4.69) is 68.3 Å². The van der Waals surface area contributed by atoms with Gasteiger partial charge in [-0.05, 0) is 60.9 Å². The van der Waals surface area contributed by atoms with Crippen LogP contribution in [-0.4, -0.2) is 38.2 Å². The van der Waals surface area contributed by atoms with Crippen molar-refractivity contribution in [2.75, 3.05) is 13.1 Å². The molecule has 0 fully saturated rings. The van der Waals surface area contributed by atoms with Gasteiger partial charge in [0.05, 0.1) is 22.8 Å². The van der Waals surface area contributed by atoms with Crippen LogP contribution in [0.3, 0.4) is 0 Å². The van der Waals surface area contributed by atoms with E-state index in [1.54, 1.807) is 12.4 Å². The first-order chi connectivity index (χ1) is 15.2. The number of hydrogen-bond donors (Lipinski definition) is 3. The molecule has 1 aliphatic rings. The van der Waals surface area contributed by atoms with Crippen LogP contribution >= 0.6 is 0 Å². The topological polar surface area (TPSA) is 82.3 Å². The zero-order chi connectivity index (χ0) is 21.2. The van der Waals surface area contributed by atoms with Crippen molar-refractivity contribution in [2.24, 2.45) is 0 Å². The van der Waals surface area contributed by atoms with Crippen LogP contribution in [-0.2, 0) is 0 Å². The molecule has 0 spiro atoms. The van der Waals surface area contributed by atoms with Crippen LogP contribution in [0, 0.1) is 0 Å². The summed E-state index contributed by atoms with van der Waals surface area (Å²) in [6, 6.07) is 6.09. The Morgan fingerprint density at radius 2 is 2.03 bits per heavy atom. The second-order valence-corrected chi connectivity index (χ2v) is 7.73. The highest BCUT2D eigenvalue weighted by molar-refractivity contribution is 5.97. The largest absolute Gasteiger partial charge is 0.352 e. The second kappa shape index (κ2) is 8.16. The van der Waals surface area contributed by atoms with Crippen molar-refractivity contribution >= 4 is 23.6 Å². The molecular weight excluding hydrogens is 384 g/mol. The Hall–Kier alpha value is -3.77. The molecule has 0 saturated carbocycles. The number of nitrogens with zero attached hydrogens (tertiary/aromatic N) is 3. The van der Waals surface area contributed by atoms with Crippen molar-refractivity contribution < 1.29 is 0 Å². The molecule has 154 valence electrons. The molecule has 4 aromatic rings. The highest BCUT2D eigenvalue weighted by atomic mass is 15.1. The summed E-state index contributed by atoms with van der Waals surface area (Å²) >= 11 is 0. The Morgan fingerprint density at radius 1 is 1.16 bits per heavy atom. The number of H-pyrrole nitrogens is 2. The molecule has 1 aliphatic heterocycles. The lowest BCUT2D eigenvalue weighted by atomic mass is 10.0. The van der Waals surface area contributed by atoms with Crippen molar-refractivity contribution in [3.8, 4) is 22.5 Å². The van der Waals surface area contributed by atoms with Crippen molar-refractivity contribution in [3.05, 3.63) is 76.9 Å². The van der Waals surface area contributed by atoms with E-state index in [1.165, 1.54) is 11.1 Å². The van der Waals surface area contributed by atoms with Crippen LogP contribution in [0.4, 0.5) is 0 Å². The molecule has 0 bridgehead atoms. The molecule has 31 heavy (non-hydrogen) atoms. The van der Waals surface area contributed by atoms with Crippen LogP contribution < -0.4 is 15.9 Å². The number of aromatic amines is 2. The SMILES string of the molecule is C=c1c(-c2cc3c(-c4ccncc4)cncc3[nH]2)n[nH]/c1=C/C=C(\C)C1=CCNCC1. The minimum absolute atomic E-state index is 0.815. The molecular formula is C25H24N6. The summed E-state index contributed by atoms with van der Waals surface area (Å²) in [5.41, 5.74) is 7.51. The third-order valence-corrected chi connectivity index (χ3v) is 5.76. The molecule has 0 atom stereocenters. The van der Waals surface area contributed by atoms with Gasteiger partial charge in [0.15, 0.2) is 0 Å². The standard InChI is InChI=1S/C25H24N6/c1-16(18-5-9-26-10-6-18)3-4-22-17(2)25(31-30-22)23-13-20-21(14-28-15-24(20)29-23)19-7-11-27-12-8-19/h3-5,7-8,11-15,26,29-30H,2,6,9-10H2,1H3/b16-3+,22-4+. The Morgan fingerprint density at radius 3 is 2.84 bits per heavy atom. The third-order valence-electron chi connectivity index (χ3n) is 5.76. The van der Waals surface area contributed by atoms with Crippen LogP contribution in [0.2, 0.25) is 0 Å². The fourth-order valence-electron chi connectivity index (χ4n) is 3.98. The number of nitrogens with one attached hydrogen (secondary N) is 3. The molecule has 5 heterocycles. The molecule has 0 radical (unpaired) electrons. The molecule has 0 aromatic carbocycles. The Balaban J connectivity index is 1.53. The van der Waals surface area contributed by atoms with E-state index in [1.807, 2.05) is 24.5 Å². The van der Waals surface area contributed by atoms with Gasteiger partial charge in [-0.15, -0.1) is 0 Å². The summed E-state index contributed by atoms with van der Waals surface area (Å²) in [6.07, 6.45) is 14.8. The number of rotatable bonds is 4. The van der Waals surface area contributed by atoms with Gasteiger partial charge in [-0.25, -0.2) is 0 Å². The maximum Gasteiger partial charge on any atom is 0.116 e. The van der Waals surface area contributed by atoms with E-state index >= 15 is 0 Å². The van der Waals surface area contributed by atoms with E-state index in [-0.39, 0.29) is 0 Å². The Kier molecular flexibility index (Phi) is 5.06. The molecule has 6 nitrogen and oxygen atoms in total. The predicted molar refractivity (Wildman–Crippen MR) is 125 cm³/mol. The monoisotopic (exact) mass is 408 g/mol. The van der Waals surface area contributed by atoms with Crippen molar-refractivity contribution in [3.63, 3.8) is 0 Å². The van der Waals surface area contributed by atoms with Gasteiger partial charge < -0.3 is 10.3 Å². The number of aromatic nitrogens is 5. The first kappa shape index (κ1) is 19.2. The van der Waals surface area contributed by atoms with E-state index in [9.17, 15) is 0 Å². The lowest BCUT2D eigenvalue weighted by molar-refractivity contribution is 0.707. The summed E-state index contributed by atoms with van der Waals surface area (Å²) in [7, 11) is 0.